The molecule has 0 aliphatic rings. The van der Waals surface area contributed by atoms with Gasteiger partial charge in [0.2, 0.25) is 0 Å². The van der Waals surface area contributed by atoms with Gasteiger partial charge in [-0.15, -0.1) is 0 Å². The summed E-state index contributed by atoms with van der Waals surface area (Å²) in [5.74, 6) is -3.89. The predicted molar refractivity (Wildman–Crippen MR) is 148 cm³/mol. The van der Waals surface area contributed by atoms with Crippen LogP contribution in [0.25, 0.3) is 0 Å². The number of nitrogens with zero attached hydrogens (tertiary/aromatic N) is 1. The highest BCUT2D eigenvalue weighted by Crippen LogP contribution is 2.18. The topological polar surface area (TPSA) is 126 Å². The molecule has 40 heavy (non-hydrogen) atoms. The van der Waals surface area contributed by atoms with Gasteiger partial charge in [0.1, 0.15) is 11.6 Å². The van der Waals surface area contributed by atoms with Crippen LogP contribution in [-0.4, -0.2) is 29.9 Å². The molecule has 200 valence electrons. The van der Waals surface area contributed by atoms with Crippen molar-refractivity contribution >= 4 is 41.3 Å². The highest BCUT2D eigenvalue weighted by atomic mass is 19.1. The van der Waals surface area contributed by atoms with E-state index in [0.717, 1.165) is 11.6 Å². The third-order valence-electron chi connectivity index (χ3n) is 5.47. The SMILES string of the molecule is Cc1cccc(NC(=O)c2ccccc2NC(=O)C(=O)N/N=C\c2ccc(OC(=O)c3ccccc3F)cc2)c1. The zero-order chi connectivity index (χ0) is 28.5. The first-order chi connectivity index (χ1) is 19.3. The van der Waals surface area contributed by atoms with Crippen LogP contribution in [0.5, 0.6) is 5.75 Å². The van der Waals surface area contributed by atoms with Crippen LogP contribution < -0.4 is 20.8 Å². The lowest BCUT2D eigenvalue weighted by atomic mass is 10.1. The highest BCUT2D eigenvalue weighted by Gasteiger charge is 2.18. The number of esters is 1. The Hall–Kier alpha value is -5.64. The minimum atomic E-state index is -1.06. The lowest BCUT2D eigenvalue weighted by Gasteiger charge is -2.11. The van der Waals surface area contributed by atoms with Crippen molar-refractivity contribution in [3.05, 3.63) is 125 Å². The van der Waals surface area contributed by atoms with Gasteiger partial charge in [-0.1, -0.05) is 36.4 Å². The molecule has 0 bridgehead atoms. The second-order valence-electron chi connectivity index (χ2n) is 8.46. The normalized spacial score (nSPS) is 10.6. The first-order valence-electron chi connectivity index (χ1n) is 12.0. The van der Waals surface area contributed by atoms with Crippen LogP contribution in [0.4, 0.5) is 15.8 Å². The average Bonchev–Trinajstić information content (AvgIpc) is 2.94. The second kappa shape index (κ2) is 12.7. The molecular weight excluding hydrogens is 515 g/mol. The van der Waals surface area contributed by atoms with Gasteiger partial charge in [-0.2, -0.15) is 5.10 Å². The van der Waals surface area contributed by atoms with Crippen LogP contribution in [0.1, 0.15) is 31.8 Å². The van der Waals surface area contributed by atoms with Crippen LogP contribution in [0.3, 0.4) is 0 Å². The first-order valence-corrected chi connectivity index (χ1v) is 12.0. The molecule has 3 N–H and O–H groups in total. The lowest BCUT2D eigenvalue weighted by Crippen LogP contribution is -2.33. The van der Waals surface area contributed by atoms with Crippen LogP contribution >= 0.6 is 0 Å². The number of amides is 3. The van der Waals surface area contributed by atoms with Crippen molar-refractivity contribution in [1.29, 1.82) is 0 Å². The van der Waals surface area contributed by atoms with Crippen molar-refractivity contribution in [2.45, 2.75) is 6.92 Å². The standard InChI is InChI=1S/C30H23FN4O5/c1-19-7-6-8-21(17-19)33-27(36)24-10-3-5-12-26(24)34-28(37)29(38)35-32-18-20-13-15-22(16-14-20)40-30(39)23-9-2-4-11-25(23)31/h2-18H,1H3,(H,33,36)(H,34,37)(H,35,38)/b32-18-. The van der Waals surface area contributed by atoms with Crippen molar-refractivity contribution in [3.63, 3.8) is 0 Å². The fourth-order valence-electron chi connectivity index (χ4n) is 3.52. The first kappa shape index (κ1) is 27.4. The van der Waals surface area contributed by atoms with Gasteiger partial charge in [0.15, 0.2) is 0 Å². The van der Waals surface area contributed by atoms with Gasteiger partial charge >= 0.3 is 17.8 Å². The summed E-state index contributed by atoms with van der Waals surface area (Å²) in [6, 6.07) is 25.0. The summed E-state index contributed by atoms with van der Waals surface area (Å²) in [5, 5.41) is 8.93. The molecule has 4 rings (SSSR count). The summed E-state index contributed by atoms with van der Waals surface area (Å²) in [6.07, 6.45) is 1.27. The lowest BCUT2D eigenvalue weighted by molar-refractivity contribution is -0.136. The van der Waals surface area contributed by atoms with Gasteiger partial charge in [-0.3, -0.25) is 14.4 Å². The van der Waals surface area contributed by atoms with E-state index < -0.39 is 29.5 Å². The number of hydrazone groups is 1. The molecule has 3 amide bonds. The smallest absolute Gasteiger partial charge is 0.346 e. The fourth-order valence-corrected chi connectivity index (χ4v) is 3.52. The number of anilines is 2. The molecule has 0 aliphatic carbocycles. The van der Waals surface area contributed by atoms with Gasteiger partial charge in [0.05, 0.1) is 23.0 Å². The number of ether oxygens (including phenoxy) is 1. The summed E-state index contributed by atoms with van der Waals surface area (Å²) >= 11 is 0. The predicted octanol–water partition coefficient (Wildman–Crippen LogP) is 4.69. The number of hydrogen-bond donors (Lipinski definition) is 3. The summed E-state index contributed by atoms with van der Waals surface area (Å²) in [5.41, 5.74) is 4.32. The minimum absolute atomic E-state index is 0.150. The summed E-state index contributed by atoms with van der Waals surface area (Å²) in [6.45, 7) is 1.90. The molecule has 0 heterocycles. The third-order valence-corrected chi connectivity index (χ3v) is 5.47. The number of rotatable bonds is 7. The Kier molecular flexibility index (Phi) is 8.73. The Morgan fingerprint density at radius 2 is 1.48 bits per heavy atom. The van der Waals surface area contributed by atoms with Crippen LogP contribution in [0, 0.1) is 12.7 Å². The van der Waals surface area contributed by atoms with Crippen molar-refractivity contribution in [2.75, 3.05) is 10.6 Å². The van der Waals surface area contributed by atoms with Gasteiger partial charge < -0.3 is 15.4 Å². The van der Waals surface area contributed by atoms with Crippen LogP contribution in [0.2, 0.25) is 0 Å². The van der Waals surface area contributed by atoms with Crippen molar-refractivity contribution in [2.24, 2.45) is 5.10 Å². The van der Waals surface area contributed by atoms with E-state index in [1.54, 1.807) is 42.5 Å². The molecule has 0 aliphatic heterocycles. The summed E-state index contributed by atoms with van der Waals surface area (Å²) < 4.78 is 18.9. The number of halogens is 1. The molecule has 0 spiro atoms. The number of hydrogen-bond acceptors (Lipinski definition) is 6. The van der Waals surface area contributed by atoms with Crippen molar-refractivity contribution < 1.29 is 28.3 Å². The van der Waals surface area contributed by atoms with Crippen LogP contribution in [-0.2, 0) is 9.59 Å². The zero-order valence-corrected chi connectivity index (χ0v) is 21.2. The number of carbonyl (C=O) groups is 4. The summed E-state index contributed by atoms with van der Waals surface area (Å²) in [4.78, 5) is 49.6. The third kappa shape index (κ3) is 7.23. The molecule has 0 saturated heterocycles. The molecule has 0 aromatic heterocycles. The number of aryl methyl sites for hydroxylation is 1. The van der Waals surface area contributed by atoms with Crippen molar-refractivity contribution in [3.8, 4) is 5.75 Å². The Labute approximate surface area is 228 Å². The maximum atomic E-state index is 13.7. The Bertz CT molecular complexity index is 1600. The summed E-state index contributed by atoms with van der Waals surface area (Å²) in [7, 11) is 0. The monoisotopic (exact) mass is 538 g/mol. The molecule has 0 atom stereocenters. The van der Waals surface area contributed by atoms with Crippen molar-refractivity contribution in [1.82, 2.24) is 5.43 Å². The zero-order valence-electron chi connectivity index (χ0n) is 21.2. The maximum absolute atomic E-state index is 13.7. The average molecular weight is 539 g/mol. The Morgan fingerprint density at radius 3 is 2.20 bits per heavy atom. The van der Waals surface area contributed by atoms with E-state index in [1.807, 2.05) is 13.0 Å². The molecule has 0 saturated carbocycles. The highest BCUT2D eigenvalue weighted by molar-refractivity contribution is 6.40. The van der Waals surface area contributed by atoms with E-state index >= 15 is 0 Å². The van der Waals surface area contributed by atoms with Gasteiger partial charge in [-0.05, 0) is 78.7 Å². The van der Waals surface area contributed by atoms with Gasteiger partial charge in [0.25, 0.3) is 5.91 Å². The molecule has 0 radical (unpaired) electrons. The molecule has 4 aromatic rings. The van der Waals surface area contributed by atoms with Gasteiger partial charge in [-0.25, -0.2) is 14.6 Å². The molecule has 9 nitrogen and oxygen atoms in total. The number of benzene rings is 4. The van der Waals surface area contributed by atoms with E-state index in [-0.39, 0.29) is 22.6 Å². The molecule has 0 unspecified atom stereocenters. The number of para-hydroxylation sites is 1. The largest absolute Gasteiger partial charge is 0.423 e. The van der Waals surface area contributed by atoms with E-state index in [1.165, 1.54) is 48.7 Å². The number of carbonyl (C=O) groups excluding carboxylic acids is 4. The minimum Gasteiger partial charge on any atom is -0.423 e. The van der Waals surface area contributed by atoms with E-state index in [9.17, 15) is 23.6 Å². The van der Waals surface area contributed by atoms with Gasteiger partial charge in [0, 0.05) is 5.69 Å². The number of nitrogens with one attached hydrogen (secondary N) is 3. The Balaban J connectivity index is 1.31. The Morgan fingerprint density at radius 1 is 0.775 bits per heavy atom. The van der Waals surface area contributed by atoms with Crippen LogP contribution in [0.15, 0.2) is 102 Å². The molecule has 0 fully saturated rings. The van der Waals surface area contributed by atoms with E-state index in [4.69, 9.17) is 4.74 Å². The maximum Gasteiger partial charge on any atom is 0.346 e. The molecule has 10 heteroatoms. The second-order valence-corrected chi connectivity index (χ2v) is 8.46. The molecular formula is C30H23FN4O5. The quantitative estimate of drug-likeness (QED) is 0.103. The fraction of sp³-hybridized carbons (Fsp3) is 0.0333. The van der Waals surface area contributed by atoms with E-state index in [0.29, 0.717) is 11.3 Å². The molecule has 4 aromatic carbocycles. The van der Waals surface area contributed by atoms with E-state index in [2.05, 4.69) is 21.2 Å².